The molecule has 2 rings (SSSR count). The SMILES string of the molecule is CCCCCC/C=C/CCC[N+](CCC/C=C/CCCCCC)(Cc1ccccc1)Cc1ccccc1. The summed E-state index contributed by atoms with van der Waals surface area (Å²) in [5, 5.41) is 0. The molecule has 0 aliphatic heterocycles. The summed E-state index contributed by atoms with van der Waals surface area (Å²) in [6, 6.07) is 22.4. The van der Waals surface area contributed by atoms with Gasteiger partial charge in [0, 0.05) is 24.0 Å². The summed E-state index contributed by atoms with van der Waals surface area (Å²) in [6.45, 7) is 9.30. The van der Waals surface area contributed by atoms with Gasteiger partial charge in [-0.25, -0.2) is 0 Å². The molecule has 37 heavy (non-hydrogen) atoms. The molecular weight excluding hydrogens is 446 g/mol. The van der Waals surface area contributed by atoms with Crippen molar-refractivity contribution in [3.63, 3.8) is 0 Å². The van der Waals surface area contributed by atoms with Gasteiger partial charge in [0.2, 0.25) is 0 Å². The predicted molar refractivity (Wildman–Crippen MR) is 165 cm³/mol. The molecule has 0 saturated heterocycles. The first-order valence-electron chi connectivity index (χ1n) is 15.5. The molecule has 0 radical (unpaired) electrons. The zero-order valence-electron chi connectivity index (χ0n) is 24.3. The molecule has 2 aromatic carbocycles. The molecule has 1 heteroatoms. The molecule has 0 unspecified atom stereocenters. The number of benzene rings is 2. The highest BCUT2D eigenvalue weighted by Gasteiger charge is 2.27. The van der Waals surface area contributed by atoms with Crippen molar-refractivity contribution in [2.45, 2.75) is 117 Å². The van der Waals surface area contributed by atoms with Gasteiger partial charge in [-0.15, -0.1) is 0 Å². The molecule has 0 heterocycles. The van der Waals surface area contributed by atoms with Crippen molar-refractivity contribution in [3.8, 4) is 0 Å². The molecule has 0 aliphatic rings. The van der Waals surface area contributed by atoms with Crippen LogP contribution in [0.3, 0.4) is 0 Å². The van der Waals surface area contributed by atoms with Crippen molar-refractivity contribution < 1.29 is 4.48 Å². The van der Waals surface area contributed by atoms with E-state index in [2.05, 4.69) is 98.8 Å². The summed E-state index contributed by atoms with van der Waals surface area (Å²) in [6.07, 6.45) is 28.0. The Hall–Kier alpha value is -2.12. The van der Waals surface area contributed by atoms with Crippen molar-refractivity contribution >= 4 is 0 Å². The third-order valence-electron chi connectivity index (χ3n) is 7.51. The van der Waals surface area contributed by atoms with Gasteiger partial charge in [-0.3, -0.25) is 0 Å². The lowest BCUT2D eigenvalue weighted by molar-refractivity contribution is -0.954. The molecule has 0 fully saturated rings. The van der Waals surface area contributed by atoms with Crippen molar-refractivity contribution in [1.29, 1.82) is 0 Å². The van der Waals surface area contributed by atoms with Crippen LogP contribution in [0.4, 0.5) is 0 Å². The van der Waals surface area contributed by atoms with E-state index in [9.17, 15) is 0 Å². The smallest absolute Gasteiger partial charge is 0.105 e. The second kappa shape index (κ2) is 20.9. The van der Waals surface area contributed by atoms with Gasteiger partial charge in [-0.2, -0.15) is 0 Å². The van der Waals surface area contributed by atoms with E-state index in [1.807, 2.05) is 0 Å². The highest BCUT2D eigenvalue weighted by molar-refractivity contribution is 5.15. The lowest BCUT2D eigenvalue weighted by atomic mass is 10.1. The molecule has 0 atom stereocenters. The number of rotatable bonds is 22. The van der Waals surface area contributed by atoms with Gasteiger partial charge in [0.1, 0.15) is 13.1 Å². The Labute approximate surface area is 230 Å². The molecule has 0 saturated carbocycles. The highest BCUT2D eigenvalue weighted by Crippen LogP contribution is 2.23. The molecule has 0 spiro atoms. The lowest BCUT2D eigenvalue weighted by Gasteiger charge is -2.39. The van der Waals surface area contributed by atoms with Gasteiger partial charge < -0.3 is 4.48 Å². The minimum absolute atomic E-state index is 1.12. The van der Waals surface area contributed by atoms with Crippen LogP contribution in [0.2, 0.25) is 0 Å². The third-order valence-corrected chi connectivity index (χ3v) is 7.51. The summed E-state index contributed by atoms with van der Waals surface area (Å²) in [7, 11) is 0. The highest BCUT2D eigenvalue weighted by atomic mass is 15.3. The number of unbranched alkanes of at least 4 members (excludes halogenated alkanes) is 10. The molecule has 0 aliphatic carbocycles. The largest absolute Gasteiger partial charge is 0.316 e. The maximum absolute atomic E-state index is 2.45. The van der Waals surface area contributed by atoms with Crippen LogP contribution in [0.1, 0.15) is 115 Å². The zero-order chi connectivity index (χ0) is 26.3. The topological polar surface area (TPSA) is 0 Å². The molecule has 0 aromatic heterocycles. The van der Waals surface area contributed by atoms with Crippen LogP contribution < -0.4 is 0 Å². The second-order valence-electron chi connectivity index (χ2n) is 11.0. The van der Waals surface area contributed by atoms with Gasteiger partial charge in [0.05, 0.1) is 13.1 Å². The first-order valence-corrected chi connectivity index (χ1v) is 15.5. The molecule has 0 N–H and O–H groups in total. The average Bonchev–Trinajstić information content (AvgIpc) is 2.92. The zero-order valence-corrected chi connectivity index (χ0v) is 24.3. The molecule has 0 amide bonds. The van der Waals surface area contributed by atoms with E-state index in [1.54, 1.807) is 0 Å². The minimum atomic E-state index is 1.12. The summed E-state index contributed by atoms with van der Waals surface area (Å²) >= 11 is 0. The maximum atomic E-state index is 2.45. The van der Waals surface area contributed by atoms with E-state index in [0.717, 1.165) is 17.6 Å². The minimum Gasteiger partial charge on any atom is -0.316 e. The molecule has 0 bridgehead atoms. The van der Waals surface area contributed by atoms with E-state index in [-0.39, 0.29) is 0 Å². The van der Waals surface area contributed by atoms with Crippen molar-refractivity contribution in [2.24, 2.45) is 0 Å². The van der Waals surface area contributed by atoms with E-state index in [0.29, 0.717) is 0 Å². The summed E-state index contributed by atoms with van der Waals surface area (Å²) in [5.74, 6) is 0. The normalized spacial score (nSPS) is 12.2. The Morgan fingerprint density at radius 2 is 0.838 bits per heavy atom. The molecule has 1 nitrogen and oxygen atoms in total. The van der Waals surface area contributed by atoms with Gasteiger partial charge in [0.15, 0.2) is 0 Å². The Bertz CT molecular complexity index is 749. The number of allylic oxidation sites excluding steroid dienone is 4. The van der Waals surface area contributed by atoms with Crippen LogP contribution in [-0.2, 0) is 13.1 Å². The van der Waals surface area contributed by atoms with Crippen molar-refractivity contribution in [2.75, 3.05) is 13.1 Å². The van der Waals surface area contributed by atoms with Crippen LogP contribution in [0, 0.1) is 0 Å². The van der Waals surface area contributed by atoms with Crippen LogP contribution in [-0.4, -0.2) is 17.6 Å². The maximum Gasteiger partial charge on any atom is 0.105 e. The summed E-state index contributed by atoms with van der Waals surface area (Å²) in [4.78, 5) is 0. The number of nitrogens with zero attached hydrogens (tertiary/aromatic N) is 1. The standard InChI is InChI=1S/C36H56N/c1-3-5-7-9-11-13-15-17-25-31-37(33-35-27-21-19-22-28-35,34-36-29-23-20-24-30-36)32-26-18-16-14-12-10-8-6-4-2/h13-16,19-24,27-30H,3-12,17-18,25-26,31-34H2,1-2H3/q+1/b15-13+,16-14+. The lowest BCUT2D eigenvalue weighted by Crippen LogP contribution is -2.48. The van der Waals surface area contributed by atoms with E-state index in [1.165, 1.54) is 114 Å². The van der Waals surface area contributed by atoms with E-state index in [4.69, 9.17) is 0 Å². The van der Waals surface area contributed by atoms with E-state index >= 15 is 0 Å². The van der Waals surface area contributed by atoms with Gasteiger partial charge in [0.25, 0.3) is 0 Å². The fraction of sp³-hybridized carbons (Fsp3) is 0.556. The fourth-order valence-corrected chi connectivity index (χ4v) is 5.36. The number of hydrogen-bond acceptors (Lipinski definition) is 0. The summed E-state index contributed by atoms with van der Waals surface area (Å²) in [5.41, 5.74) is 2.94. The fourth-order valence-electron chi connectivity index (χ4n) is 5.36. The first kappa shape index (κ1) is 31.1. The number of quaternary nitrogens is 1. The van der Waals surface area contributed by atoms with Crippen LogP contribution >= 0.6 is 0 Å². The predicted octanol–water partition coefficient (Wildman–Crippen LogP) is 10.8. The second-order valence-corrected chi connectivity index (χ2v) is 11.0. The Kier molecular flexibility index (Phi) is 17.6. The van der Waals surface area contributed by atoms with E-state index < -0.39 is 0 Å². The monoisotopic (exact) mass is 502 g/mol. The Morgan fingerprint density at radius 1 is 0.459 bits per heavy atom. The van der Waals surface area contributed by atoms with Crippen LogP contribution in [0.5, 0.6) is 0 Å². The van der Waals surface area contributed by atoms with Crippen LogP contribution in [0.15, 0.2) is 85.0 Å². The average molecular weight is 503 g/mol. The molecule has 204 valence electrons. The quantitative estimate of drug-likeness (QED) is 0.0853. The van der Waals surface area contributed by atoms with Gasteiger partial charge in [-0.05, 0) is 38.5 Å². The Morgan fingerprint density at radius 3 is 1.22 bits per heavy atom. The number of hydrogen-bond donors (Lipinski definition) is 0. The summed E-state index contributed by atoms with van der Waals surface area (Å²) < 4.78 is 1.16. The van der Waals surface area contributed by atoms with Crippen LogP contribution in [0.25, 0.3) is 0 Å². The first-order chi connectivity index (χ1) is 18.3. The van der Waals surface area contributed by atoms with Gasteiger partial charge in [-0.1, -0.05) is 137 Å². The van der Waals surface area contributed by atoms with Crippen molar-refractivity contribution in [3.05, 3.63) is 96.1 Å². The Balaban J connectivity index is 2.00. The van der Waals surface area contributed by atoms with Crippen molar-refractivity contribution in [1.82, 2.24) is 0 Å². The molecular formula is C36H56N+. The third kappa shape index (κ3) is 15.0. The molecule has 2 aromatic rings. The van der Waals surface area contributed by atoms with Gasteiger partial charge >= 0.3 is 0 Å².